The number of hydrogen-bond donors (Lipinski definition) is 1. The second kappa shape index (κ2) is 28.6. The summed E-state index contributed by atoms with van der Waals surface area (Å²) in [6.45, 7) is 46.8. The Kier molecular flexibility index (Phi) is 23.4. The number of ether oxygens (including phenoxy) is 7. The molecule has 3 aromatic carbocycles. The normalized spacial score (nSPS) is 28.1. The fourth-order valence-corrected chi connectivity index (χ4v) is 24.6. The van der Waals surface area contributed by atoms with Crippen LogP contribution in [0.2, 0.25) is 41.3 Å². The van der Waals surface area contributed by atoms with Crippen molar-refractivity contribution < 1.29 is 56.3 Å². The quantitative estimate of drug-likeness (QED) is 0.0373. The maximum Gasteiger partial charge on any atom is 0.331 e. The van der Waals surface area contributed by atoms with E-state index in [1.165, 1.54) is 22.9 Å². The summed E-state index contributed by atoms with van der Waals surface area (Å²) in [6.07, 6.45) is 6.46. The number of hydrogen-bond acceptors (Lipinski definition) is 14. The lowest BCUT2D eigenvalue weighted by Gasteiger charge is -2.53. The maximum absolute atomic E-state index is 13.1. The fourth-order valence-electron chi connectivity index (χ4n) is 13.8. The summed E-state index contributed by atoms with van der Waals surface area (Å²) in [5.41, 5.74) is -1.21. The van der Waals surface area contributed by atoms with Gasteiger partial charge >= 0.3 is 5.97 Å². The molecule has 5 aliphatic rings. The van der Waals surface area contributed by atoms with Gasteiger partial charge in [0.1, 0.15) is 35.3 Å². The van der Waals surface area contributed by atoms with E-state index in [0.29, 0.717) is 25.2 Å². The Morgan fingerprint density at radius 2 is 1.35 bits per heavy atom. The minimum absolute atomic E-state index is 0.00273. The molecular weight excluding hydrogens is 1230 g/mol. The number of epoxide rings is 1. The SMILES string of the molecule is COc1ccc(CO[C@H](C[C@H](C)C2(C[C@H]3C[C@H](C)[C@@]4(CC[C@]5(C)O[C@H]([C@@H]6O[C@H]6[C@@H](O[Si](C)(C)C(C)(C)C)[C@](C)(O)/C(C)=C/C(=O)OC(C)(C)C)CC[C@H]5O4)O3)SCCCS2)[C@H](CCO[Si](C)(C)C(C)(C)C)O[Si](c2ccccc2)(c2ccccc2)C(C)(C)C)cc1. The first kappa shape index (κ1) is 74.5. The summed E-state index contributed by atoms with van der Waals surface area (Å²) in [7, 11) is -5.98. The van der Waals surface area contributed by atoms with Crippen molar-refractivity contribution in [3.05, 3.63) is 102 Å². The molecule has 8 rings (SSSR count). The highest BCUT2D eigenvalue weighted by molar-refractivity contribution is 8.18. The number of carbonyl (C=O) groups excluding carboxylic acids is 1. The van der Waals surface area contributed by atoms with Gasteiger partial charge in [-0.15, -0.1) is 23.5 Å². The van der Waals surface area contributed by atoms with Crippen molar-refractivity contribution in [1.29, 1.82) is 0 Å². The molecule has 5 saturated heterocycles. The smallest absolute Gasteiger partial charge is 0.331 e. The standard InChI is InChI=1S/C74H118O12S2Si3/c1-51(48-63(75)84-67(4,5)6)72(17,76)66(86-90(21,22)69(10,11)12)65-64(80-65)60-38-39-62-71(16,82-60)41-42-73(83-62)52(2)46-56(81-73)49-74(87-44-29-45-88-74)53(3)47-61(78-50-54-34-36-55(77-18)37-35-54)59(40-43-79-89(19,20)68(7,8)9)85-91(70(13,14)15,57-30-25-23-26-31-57)58-32-27-24-28-33-58/h23-28,30-37,48,52-53,56,59-62,64-66,76H,29,38-47,49-50H2,1-22H3/b51-48+/t52-,53-,56+,59-,60-,61+,62+,64-,65+,66+,71-,72+,73-/m0/s1. The molecule has 0 aliphatic carbocycles. The van der Waals surface area contributed by atoms with Crippen LogP contribution in [-0.4, -0.2) is 137 Å². The molecule has 0 bridgehead atoms. The average Bonchev–Trinajstić information content (AvgIpc) is 1.73. The van der Waals surface area contributed by atoms with Crippen LogP contribution in [0.4, 0.5) is 0 Å². The number of benzene rings is 3. The van der Waals surface area contributed by atoms with Crippen molar-refractivity contribution in [3.63, 3.8) is 0 Å². The first-order valence-electron chi connectivity index (χ1n) is 34.2. The molecule has 12 nitrogen and oxygen atoms in total. The molecule has 510 valence electrons. The lowest BCUT2D eigenvalue weighted by Crippen LogP contribution is -2.68. The number of esters is 1. The Hall–Kier alpha value is -2.34. The fraction of sp³-hybridized carbons (Fsp3) is 0.716. The third kappa shape index (κ3) is 17.2. The summed E-state index contributed by atoms with van der Waals surface area (Å²) in [6, 6.07) is 30.4. The van der Waals surface area contributed by atoms with Gasteiger partial charge in [-0.05, 0) is 185 Å². The molecule has 0 radical (unpaired) electrons. The van der Waals surface area contributed by atoms with Gasteiger partial charge in [-0.3, -0.25) is 0 Å². The topological polar surface area (TPSA) is 133 Å². The van der Waals surface area contributed by atoms with E-state index in [1.807, 2.05) is 32.9 Å². The number of rotatable bonds is 25. The van der Waals surface area contributed by atoms with E-state index in [4.69, 9.17) is 46.4 Å². The summed E-state index contributed by atoms with van der Waals surface area (Å²) in [5, 5.41) is 14.6. The van der Waals surface area contributed by atoms with Crippen molar-refractivity contribution in [1.82, 2.24) is 0 Å². The number of fused-ring (bicyclic) bond motifs is 1. The second-order valence-electron chi connectivity index (χ2n) is 32.8. The van der Waals surface area contributed by atoms with Gasteiger partial charge in [0.15, 0.2) is 22.4 Å². The number of methoxy groups -OCH3 is 1. The van der Waals surface area contributed by atoms with Crippen LogP contribution in [0.25, 0.3) is 0 Å². The predicted octanol–water partition coefficient (Wildman–Crippen LogP) is 16.4. The molecule has 3 aromatic rings. The van der Waals surface area contributed by atoms with Crippen molar-refractivity contribution in [2.75, 3.05) is 25.2 Å². The van der Waals surface area contributed by atoms with E-state index in [2.05, 4.69) is 206 Å². The number of aliphatic hydroxyl groups is 1. The van der Waals surface area contributed by atoms with Crippen LogP contribution in [0.5, 0.6) is 5.75 Å². The summed E-state index contributed by atoms with van der Waals surface area (Å²) >= 11 is 4.26. The molecule has 1 spiro atoms. The largest absolute Gasteiger partial charge is 0.497 e. The molecule has 5 aliphatic heterocycles. The van der Waals surface area contributed by atoms with E-state index in [0.717, 1.165) is 67.8 Å². The third-order valence-corrected chi connectivity index (χ3v) is 39.6. The van der Waals surface area contributed by atoms with E-state index in [1.54, 1.807) is 21.0 Å². The lowest BCUT2D eigenvalue weighted by molar-refractivity contribution is -0.344. The molecule has 91 heavy (non-hydrogen) atoms. The molecular formula is C74H118O12S2Si3. The molecule has 5 heterocycles. The average molecular weight is 1350 g/mol. The Morgan fingerprint density at radius 1 is 0.758 bits per heavy atom. The van der Waals surface area contributed by atoms with Gasteiger partial charge in [0.05, 0.1) is 53.9 Å². The molecule has 1 N–H and O–H groups in total. The Morgan fingerprint density at radius 3 is 1.90 bits per heavy atom. The zero-order chi connectivity index (χ0) is 67.0. The summed E-state index contributed by atoms with van der Waals surface area (Å²) < 4.78 is 69.9. The minimum Gasteiger partial charge on any atom is -0.497 e. The highest BCUT2D eigenvalue weighted by Crippen LogP contribution is 2.58. The molecule has 0 aromatic heterocycles. The zero-order valence-corrected chi connectivity index (χ0v) is 64.5. The van der Waals surface area contributed by atoms with E-state index in [-0.39, 0.29) is 67.7 Å². The molecule has 17 heteroatoms. The van der Waals surface area contributed by atoms with E-state index in [9.17, 15) is 9.90 Å². The lowest BCUT2D eigenvalue weighted by atomic mass is 9.78. The maximum atomic E-state index is 13.1. The minimum atomic E-state index is -3.09. The highest BCUT2D eigenvalue weighted by atomic mass is 32.2. The monoisotopic (exact) mass is 1350 g/mol. The van der Waals surface area contributed by atoms with Gasteiger partial charge in [0.2, 0.25) is 0 Å². The molecule has 0 unspecified atom stereocenters. The van der Waals surface area contributed by atoms with Gasteiger partial charge in [-0.2, -0.15) is 0 Å². The van der Waals surface area contributed by atoms with Crippen molar-refractivity contribution in [3.8, 4) is 5.75 Å². The van der Waals surface area contributed by atoms with Crippen LogP contribution in [0.3, 0.4) is 0 Å². The van der Waals surface area contributed by atoms with Crippen molar-refractivity contribution in [2.24, 2.45) is 11.8 Å². The van der Waals surface area contributed by atoms with Gasteiger partial charge < -0.3 is 51.5 Å². The van der Waals surface area contributed by atoms with Gasteiger partial charge in [0.25, 0.3) is 8.32 Å². The van der Waals surface area contributed by atoms with Crippen molar-refractivity contribution >= 4 is 64.8 Å². The van der Waals surface area contributed by atoms with Crippen LogP contribution in [0, 0.1) is 11.8 Å². The Bertz CT molecular complexity index is 2840. The number of thioether (sulfide) groups is 2. The van der Waals surface area contributed by atoms with Crippen LogP contribution >= 0.6 is 23.5 Å². The molecule has 5 fully saturated rings. The van der Waals surface area contributed by atoms with Crippen LogP contribution in [0.15, 0.2) is 96.6 Å². The van der Waals surface area contributed by atoms with E-state index >= 15 is 0 Å². The molecule has 0 saturated carbocycles. The van der Waals surface area contributed by atoms with Gasteiger partial charge in [-0.25, -0.2) is 4.79 Å². The summed E-state index contributed by atoms with van der Waals surface area (Å²) in [4.78, 5) is 13.1. The Labute approximate surface area is 561 Å². The van der Waals surface area contributed by atoms with Gasteiger partial charge in [-0.1, -0.05) is 149 Å². The number of carbonyl (C=O) groups is 1. The zero-order valence-electron chi connectivity index (χ0n) is 59.9. The molecule has 13 atom stereocenters. The van der Waals surface area contributed by atoms with E-state index < -0.39 is 65.7 Å². The van der Waals surface area contributed by atoms with Gasteiger partial charge in [0, 0.05) is 25.0 Å². The Balaban J connectivity index is 1.04. The molecule has 0 amide bonds. The first-order valence-corrected chi connectivity index (χ1v) is 43.9. The summed E-state index contributed by atoms with van der Waals surface area (Å²) in [5.74, 6) is 2.17. The predicted molar refractivity (Wildman–Crippen MR) is 381 cm³/mol. The van der Waals surface area contributed by atoms with Crippen LogP contribution < -0.4 is 15.1 Å². The highest BCUT2D eigenvalue weighted by Gasteiger charge is 2.64. The second-order valence-corrected chi connectivity index (χ2v) is 49.8. The first-order chi connectivity index (χ1) is 42.2. The van der Waals surface area contributed by atoms with Crippen LogP contribution in [0.1, 0.15) is 181 Å². The third-order valence-electron chi connectivity index (χ3n) is 21.7. The van der Waals surface area contributed by atoms with Crippen LogP contribution in [-0.2, 0) is 53.1 Å². The van der Waals surface area contributed by atoms with Crippen molar-refractivity contribution in [2.45, 2.75) is 299 Å².